The zero-order chi connectivity index (χ0) is 18.8. The van der Waals surface area contributed by atoms with Crippen LogP contribution in [0, 0.1) is 6.92 Å². The summed E-state index contributed by atoms with van der Waals surface area (Å²) in [6.07, 6.45) is 2.23. The molecule has 0 saturated heterocycles. The van der Waals surface area contributed by atoms with Gasteiger partial charge in [-0.1, -0.05) is 60.2 Å². The number of methoxy groups -OCH3 is 1. The van der Waals surface area contributed by atoms with Gasteiger partial charge >= 0.3 is 0 Å². The van der Waals surface area contributed by atoms with Crippen molar-refractivity contribution in [3.8, 4) is 0 Å². The predicted octanol–water partition coefficient (Wildman–Crippen LogP) is 3.30. The number of ether oxygens (including phenoxy) is 1. The molecule has 6 nitrogen and oxygen atoms in total. The van der Waals surface area contributed by atoms with Gasteiger partial charge in [0, 0.05) is 7.11 Å². The molecule has 138 valence electrons. The van der Waals surface area contributed by atoms with Crippen LogP contribution in [-0.2, 0) is 9.53 Å². The van der Waals surface area contributed by atoms with Crippen LogP contribution in [0.1, 0.15) is 35.2 Å². The highest BCUT2D eigenvalue weighted by atomic mass is 16.5. The Bertz CT molecular complexity index is 921. The topological polar surface area (TPSA) is 60.2 Å². The minimum Gasteiger partial charge on any atom is -0.375 e. The summed E-state index contributed by atoms with van der Waals surface area (Å²) in [5.74, 6) is 0.436. The zero-order valence-electron chi connectivity index (χ0n) is 15.4. The van der Waals surface area contributed by atoms with E-state index in [0.29, 0.717) is 5.95 Å². The minimum atomic E-state index is -0.128. The molecule has 4 rings (SSSR count). The fourth-order valence-electron chi connectivity index (χ4n) is 3.70. The van der Waals surface area contributed by atoms with Gasteiger partial charge < -0.3 is 4.74 Å². The van der Waals surface area contributed by atoms with E-state index in [1.54, 1.807) is 4.90 Å². The maximum absolute atomic E-state index is 12.9. The number of amides is 1. The summed E-state index contributed by atoms with van der Waals surface area (Å²) in [6, 6.07) is 18.4. The first-order valence-corrected chi connectivity index (χ1v) is 9.01. The first-order valence-electron chi connectivity index (χ1n) is 9.01. The first-order chi connectivity index (χ1) is 13.2. The Balaban J connectivity index is 1.82. The lowest BCUT2D eigenvalue weighted by atomic mass is 9.91. The highest BCUT2D eigenvalue weighted by Gasteiger charge is 2.39. The van der Waals surface area contributed by atoms with Gasteiger partial charge in [0.25, 0.3) is 5.91 Å². The SMILES string of the molecule is COCC(=O)N1c2ncnn2[C@H](c2ccc(C)cc2)C[C@@H]1c1ccccc1. The maximum atomic E-state index is 12.9. The summed E-state index contributed by atoms with van der Waals surface area (Å²) in [5, 5.41) is 4.43. The molecule has 2 aromatic carbocycles. The molecule has 0 unspecified atom stereocenters. The van der Waals surface area contributed by atoms with E-state index in [9.17, 15) is 4.79 Å². The molecule has 6 heteroatoms. The quantitative estimate of drug-likeness (QED) is 0.714. The number of nitrogens with zero attached hydrogens (tertiary/aromatic N) is 4. The lowest BCUT2D eigenvalue weighted by molar-refractivity contribution is -0.123. The number of rotatable bonds is 4. The first kappa shape index (κ1) is 17.4. The van der Waals surface area contributed by atoms with Crippen molar-refractivity contribution < 1.29 is 9.53 Å². The van der Waals surface area contributed by atoms with Gasteiger partial charge in [0.05, 0.1) is 12.1 Å². The summed E-state index contributed by atoms with van der Waals surface area (Å²) >= 11 is 0. The largest absolute Gasteiger partial charge is 0.375 e. The molecular weight excluding hydrogens is 340 g/mol. The van der Waals surface area contributed by atoms with Gasteiger partial charge in [-0.3, -0.25) is 9.69 Å². The van der Waals surface area contributed by atoms with E-state index in [1.165, 1.54) is 19.0 Å². The van der Waals surface area contributed by atoms with Crippen molar-refractivity contribution >= 4 is 11.9 Å². The standard InChI is InChI=1S/C21H22N4O2/c1-15-8-10-17(11-9-15)19-12-18(16-6-4-3-5-7-16)24(20(26)13-27-2)21-22-14-23-25(19)21/h3-11,14,18-19H,12-13H2,1-2H3/t18-,19+/m1/s1. The van der Waals surface area contributed by atoms with Gasteiger partial charge in [0.2, 0.25) is 5.95 Å². The Morgan fingerprint density at radius 2 is 1.78 bits per heavy atom. The van der Waals surface area contributed by atoms with Crippen molar-refractivity contribution in [2.75, 3.05) is 18.6 Å². The number of hydrogen-bond donors (Lipinski definition) is 0. The molecule has 2 heterocycles. The molecule has 0 fully saturated rings. The molecule has 0 N–H and O–H groups in total. The Hall–Kier alpha value is -2.99. The summed E-state index contributed by atoms with van der Waals surface area (Å²) in [7, 11) is 1.53. The molecule has 1 aliphatic rings. The predicted molar refractivity (Wildman–Crippen MR) is 103 cm³/mol. The number of carbonyl (C=O) groups excluding carboxylic acids is 1. The Labute approximate surface area is 158 Å². The van der Waals surface area contributed by atoms with Crippen molar-refractivity contribution in [1.82, 2.24) is 14.8 Å². The molecule has 1 amide bonds. The van der Waals surface area contributed by atoms with Gasteiger partial charge in [0.1, 0.15) is 12.9 Å². The second kappa shape index (κ2) is 7.32. The Morgan fingerprint density at radius 3 is 2.48 bits per heavy atom. The molecule has 3 aromatic rings. The van der Waals surface area contributed by atoms with Crippen molar-refractivity contribution in [3.63, 3.8) is 0 Å². The van der Waals surface area contributed by atoms with Crippen LogP contribution >= 0.6 is 0 Å². The molecule has 27 heavy (non-hydrogen) atoms. The van der Waals surface area contributed by atoms with Crippen LogP contribution in [0.3, 0.4) is 0 Å². The summed E-state index contributed by atoms with van der Waals surface area (Å²) < 4.78 is 6.95. The number of anilines is 1. The van der Waals surface area contributed by atoms with Gasteiger partial charge in [-0.2, -0.15) is 10.1 Å². The van der Waals surface area contributed by atoms with Crippen molar-refractivity contribution in [2.45, 2.75) is 25.4 Å². The van der Waals surface area contributed by atoms with Crippen LogP contribution < -0.4 is 4.90 Å². The van der Waals surface area contributed by atoms with Crippen LogP contribution in [0.4, 0.5) is 5.95 Å². The third kappa shape index (κ3) is 3.24. The summed E-state index contributed by atoms with van der Waals surface area (Å²) in [5.41, 5.74) is 3.45. The van der Waals surface area contributed by atoms with E-state index in [0.717, 1.165) is 17.5 Å². The molecule has 1 aromatic heterocycles. The van der Waals surface area contributed by atoms with Crippen LogP contribution in [0.2, 0.25) is 0 Å². The van der Waals surface area contributed by atoms with Gasteiger partial charge in [-0.05, 0) is 24.5 Å². The van der Waals surface area contributed by atoms with E-state index in [1.807, 2.05) is 22.9 Å². The molecule has 0 bridgehead atoms. The maximum Gasteiger partial charge on any atom is 0.255 e. The number of aromatic nitrogens is 3. The van der Waals surface area contributed by atoms with E-state index in [-0.39, 0.29) is 24.6 Å². The molecule has 0 aliphatic carbocycles. The molecule has 0 radical (unpaired) electrons. The average Bonchev–Trinajstić information content (AvgIpc) is 3.18. The van der Waals surface area contributed by atoms with E-state index < -0.39 is 0 Å². The average molecular weight is 362 g/mol. The van der Waals surface area contributed by atoms with E-state index >= 15 is 0 Å². The number of benzene rings is 2. The third-order valence-electron chi connectivity index (χ3n) is 5.01. The number of fused-ring (bicyclic) bond motifs is 1. The van der Waals surface area contributed by atoms with Gasteiger partial charge in [-0.15, -0.1) is 0 Å². The lowest BCUT2D eigenvalue weighted by Gasteiger charge is -2.39. The highest BCUT2D eigenvalue weighted by molar-refractivity contribution is 5.93. The fraction of sp³-hybridized carbons (Fsp3) is 0.286. The number of carbonyl (C=O) groups is 1. The number of hydrogen-bond acceptors (Lipinski definition) is 4. The Morgan fingerprint density at radius 1 is 1.07 bits per heavy atom. The van der Waals surface area contributed by atoms with E-state index in [4.69, 9.17) is 4.74 Å². The summed E-state index contributed by atoms with van der Waals surface area (Å²) in [4.78, 5) is 19.0. The molecule has 2 atom stereocenters. The molecular formula is C21H22N4O2. The fourth-order valence-corrected chi connectivity index (χ4v) is 3.70. The second-order valence-corrected chi connectivity index (χ2v) is 6.79. The van der Waals surface area contributed by atoms with Crippen LogP contribution in [0.5, 0.6) is 0 Å². The molecule has 0 spiro atoms. The Kier molecular flexibility index (Phi) is 4.73. The van der Waals surface area contributed by atoms with Crippen LogP contribution in [0.15, 0.2) is 60.9 Å². The molecule has 0 saturated carbocycles. The van der Waals surface area contributed by atoms with Crippen molar-refractivity contribution in [3.05, 3.63) is 77.6 Å². The van der Waals surface area contributed by atoms with E-state index in [2.05, 4.69) is 53.4 Å². The monoisotopic (exact) mass is 362 g/mol. The number of aryl methyl sites for hydroxylation is 1. The second-order valence-electron chi connectivity index (χ2n) is 6.79. The van der Waals surface area contributed by atoms with Gasteiger partial charge in [-0.25, -0.2) is 4.68 Å². The lowest BCUT2D eigenvalue weighted by Crippen LogP contribution is -2.44. The summed E-state index contributed by atoms with van der Waals surface area (Å²) in [6.45, 7) is 2.08. The zero-order valence-corrected chi connectivity index (χ0v) is 15.4. The highest BCUT2D eigenvalue weighted by Crippen LogP contribution is 2.41. The minimum absolute atomic E-state index is 0.00535. The smallest absolute Gasteiger partial charge is 0.255 e. The normalized spacial score (nSPS) is 19.0. The van der Waals surface area contributed by atoms with Crippen molar-refractivity contribution in [2.24, 2.45) is 0 Å². The molecule has 1 aliphatic heterocycles. The van der Waals surface area contributed by atoms with Crippen LogP contribution in [0.25, 0.3) is 0 Å². The third-order valence-corrected chi connectivity index (χ3v) is 5.01. The van der Waals surface area contributed by atoms with Crippen molar-refractivity contribution in [1.29, 1.82) is 0 Å². The van der Waals surface area contributed by atoms with Gasteiger partial charge in [0.15, 0.2) is 0 Å². The van der Waals surface area contributed by atoms with Crippen LogP contribution in [-0.4, -0.2) is 34.4 Å².